The molecule has 1 fully saturated rings. The van der Waals surface area contributed by atoms with Gasteiger partial charge in [-0.3, -0.25) is 9.36 Å². The van der Waals surface area contributed by atoms with E-state index >= 15 is 0 Å². The lowest BCUT2D eigenvalue weighted by atomic mass is 9.87. The molecular weight excluding hydrogens is 335 g/mol. The summed E-state index contributed by atoms with van der Waals surface area (Å²) < 4.78 is 11.4. The Morgan fingerprint density at radius 3 is 2.67 bits per heavy atom. The Kier molecular flexibility index (Phi) is 6.51. The van der Waals surface area contributed by atoms with E-state index in [-0.39, 0.29) is 12.3 Å². The van der Waals surface area contributed by atoms with Crippen molar-refractivity contribution in [3.05, 3.63) is 35.9 Å². The number of piperidine rings is 1. The molecule has 24 heavy (non-hydrogen) atoms. The number of nitrogens with one attached hydrogen (secondary N) is 1. The summed E-state index contributed by atoms with van der Waals surface area (Å²) in [5.74, 6) is -1.68. The molecule has 0 radical (unpaired) electrons. The smallest absolute Gasteiger partial charge is 0.331 e. The fourth-order valence-electron chi connectivity index (χ4n) is 2.70. The van der Waals surface area contributed by atoms with E-state index in [1.807, 2.05) is 30.3 Å². The summed E-state index contributed by atoms with van der Waals surface area (Å²) >= 11 is 0. The zero-order chi connectivity index (χ0) is 17.6. The van der Waals surface area contributed by atoms with Crippen LogP contribution in [0.15, 0.2) is 35.5 Å². The zero-order valence-corrected chi connectivity index (χ0v) is 13.9. The number of carboxylic acids is 1. The highest BCUT2D eigenvalue weighted by Crippen LogP contribution is 2.37. The number of benzene rings is 1. The second-order valence-corrected chi connectivity index (χ2v) is 7.33. The summed E-state index contributed by atoms with van der Waals surface area (Å²) in [7, 11) is -4.39. The van der Waals surface area contributed by atoms with Gasteiger partial charge in [0.1, 0.15) is 12.6 Å². The summed E-state index contributed by atoms with van der Waals surface area (Å²) in [4.78, 5) is 35.1. The van der Waals surface area contributed by atoms with Crippen LogP contribution >= 0.6 is 7.60 Å². The molecule has 0 amide bonds. The van der Waals surface area contributed by atoms with E-state index in [9.17, 15) is 24.3 Å². The van der Waals surface area contributed by atoms with Crippen LogP contribution in [0.2, 0.25) is 0 Å². The molecule has 1 saturated heterocycles. The number of rotatable bonds is 7. The standard InChI is InChI=1S/C15H21N2O6P/c18-15(19)14-12(7-4-8-16-14)13(10-24(20,21)22)17-23-9-11-5-2-1-3-6-11/h1-3,5-6,12,14,16H,4,7-10H2,(H,18,19)(H2,20,21,22)/b17-13-. The molecule has 1 heterocycles. The van der Waals surface area contributed by atoms with Crippen LogP contribution in [0, 0.1) is 5.92 Å². The maximum absolute atomic E-state index is 11.4. The molecule has 2 unspecified atom stereocenters. The Balaban J connectivity index is 2.15. The number of carbonyl (C=O) groups is 1. The molecule has 1 aromatic carbocycles. The van der Waals surface area contributed by atoms with Gasteiger partial charge in [-0.1, -0.05) is 35.5 Å². The molecule has 9 heteroatoms. The zero-order valence-electron chi connectivity index (χ0n) is 13.0. The predicted octanol–water partition coefficient (Wildman–Crippen LogP) is 1.19. The largest absolute Gasteiger partial charge is 0.480 e. The van der Waals surface area contributed by atoms with E-state index < -0.39 is 31.7 Å². The summed E-state index contributed by atoms with van der Waals surface area (Å²) in [5, 5.41) is 16.0. The SMILES string of the molecule is O=C(O)C1NCCCC1/C(CP(=O)(O)O)=N\OCc1ccccc1. The van der Waals surface area contributed by atoms with Crippen LogP contribution in [0.3, 0.4) is 0 Å². The van der Waals surface area contributed by atoms with E-state index in [2.05, 4.69) is 10.5 Å². The molecule has 2 atom stereocenters. The number of carboxylic acid groups (broad SMARTS) is 1. The Morgan fingerprint density at radius 2 is 2.04 bits per heavy atom. The van der Waals surface area contributed by atoms with Crippen LogP contribution in [0.4, 0.5) is 0 Å². The fraction of sp³-hybridized carbons (Fsp3) is 0.467. The van der Waals surface area contributed by atoms with E-state index in [1.165, 1.54) is 0 Å². The summed E-state index contributed by atoms with van der Waals surface area (Å²) in [6, 6.07) is 8.27. The quantitative estimate of drug-likeness (QED) is 0.328. The summed E-state index contributed by atoms with van der Waals surface area (Å²) in [6.07, 6.45) is 0.572. The second kappa shape index (κ2) is 8.39. The maximum Gasteiger partial charge on any atom is 0.331 e. The average Bonchev–Trinajstić information content (AvgIpc) is 2.54. The van der Waals surface area contributed by atoms with Crippen LogP contribution < -0.4 is 5.32 Å². The molecule has 0 aromatic heterocycles. The normalized spacial score (nSPS) is 22.2. The monoisotopic (exact) mass is 356 g/mol. The summed E-state index contributed by atoms with van der Waals surface area (Å²) in [5.41, 5.74) is 0.937. The number of hydrogen-bond acceptors (Lipinski definition) is 5. The van der Waals surface area contributed by atoms with Gasteiger partial charge in [-0.15, -0.1) is 0 Å². The molecule has 0 bridgehead atoms. The first-order chi connectivity index (χ1) is 11.4. The number of nitrogens with zero attached hydrogens (tertiary/aromatic N) is 1. The third-order valence-corrected chi connectivity index (χ3v) is 4.51. The van der Waals surface area contributed by atoms with Crippen LogP contribution in [0.25, 0.3) is 0 Å². The van der Waals surface area contributed by atoms with Crippen molar-refractivity contribution < 1.29 is 29.1 Å². The molecule has 132 valence electrons. The van der Waals surface area contributed by atoms with Crippen LogP contribution in [-0.2, 0) is 20.8 Å². The predicted molar refractivity (Wildman–Crippen MR) is 87.7 cm³/mol. The van der Waals surface area contributed by atoms with Gasteiger partial charge in [0.15, 0.2) is 0 Å². The van der Waals surface area contributed by atoms with Gasteiger partial charge in [0.25, 0.3) is 0 Å². The third-order valence-electron chi connectivity index (χ3n) is 3.78. The molecule has 1 aromatic rings. The molecule has 2 rings (SSSR count). The third kappa shape index (κ3) is 5.72. The van der Waals surface area contributed by atoms with Gasteiger partial charge in [-0.05, 0) is 24.9 Å². The first-order valence-electron chi connectivity index (χ1n) is 7.60. The number of hydrogen-bond donors (Lipinski definition) is 4. The molecule has 1 aliphatic heterocycles. The first kappa shape index (κ1) is 18.6. The van der Waals surface area contributed by atoms with Gasteiger partial charge in [0, 0.05) is 5.92 Å². The van der Waals surface area contributed by atoms with Gasteiger partial charge in [-0.25, -0.2) is 0 Å². The Hall–Kier alpha value is -1.73. The molecular formula is C15H21N2O6P. The van der Waals surface area contributed by atoms with Crippen molar-refractivity contribution in [2.75, 3.05) is 12.7 Å². The van der Waals surface area contributed by atoms with Crippen molar-refractivity contribution >= 4 is 19.3 Å². The van der Waals surface area contributed by atoms with E-state index in [0.29, 0.717) is 19.4 Å². The fourth-order valence-corrected chi connectivity index (χ4v) is 3.41. The number of aliphatic carboxylic acids is 1. The van der Waals surface area contributed by atoms with Crippen molar-refractivity contribution in [1.82, 2.24) is 5.32 Å². The highest BCUT2D eigenvalue weighted by atomic mass is 31.2. The van der Waals surface area contributed by atoms with Crippen LogP contribution in [0.1, 0.15) is 18.4 Å². The minimum absolute atomic E-state index is 0.0823. The Morgan fingerprint density at radius 1 is 1.33 bits per heavy atom. The van der Waals surface area contributed by atoms with Gasteiger partial charge < -0.3 is 25.0 Å². The van der Waals surface area contributed by atoms with Crippen molar-refractivity contribution in [3.63, 3.8) is 0 Å². The first-order valence-corrected chi connectivity index (χ1v) is 9.40. The highest BCUT2D eigenvalue weighted by molar-refractivity contribution is 7.52. The Labute approximate surface area is 139 Å². The van der Waals surface area contributed by atoms with Crippen LogP contribution in [-0.4, -0.2) is 45.3 Å². The molecule has 0 aliphatic carbocycles. The lowest BCUT2D eigenvalue weighted by Crippen LogP contribution is -2.50. The molecule has 8 nitrogen and oxygen atoms in total. The van der Waals surface area contributed by atoms with Gasteiger partial charge in [-0.2, -0.15) is 0 Å². The lowest BCUT2D eigenvalue weighted by Gasteiger charge is -2.30. The average molecular weight is 356 g/mol. The minimum atomic E-state index is -4.39. The van der Waals surface area contributed by atoms with Gasteiger partial charge >= 0.3 is 13.6 Å². The highest BCUT2D eigenvalue weighted by Gasteiger charge is 2.36. The molecule has 0 saturated carbocycles. The lowest BCUT2D eigenvalue weighted by molar-refractivity contribution is -0.140. The van der Waals surface area contributed by atoms with Crippen molar-refractivity contribution in [3.8, 4) is 0 Å². The number of oxime groups is 1. The topological polar surface area (TPSA) is 128 Å². The van der Waals surface area contributed by atoms with Crippen molar-refractivity contribution in [1.29, 1.82) is 0 Å². The van der Waals surface area contributed by atoms with E-state index in [1.54, 1.807) is 0 Å². The second-order valence-electron chi connectivity index (χ2n) is 5.68. The van der Waals surface area contributed by atoms with E-state index in [0.717, 1.165) is 5.56 Å². The van der Waals surface area contributed by atoms with Gasteiger partial charge in [0.2, 0.25) is 0 Å². The minimum Gasteiger partial charge on any atom is -0.480 e. The molecule has 0 spiro atoms. The van der Waals surface area contributed by atoms with Crippen molar-refractivity contribution in [2.45, 2.75) is 25.5 Å². The van der Waals surface area contributed by atoms with Crippen molar-refractivity contribution in [2.24, 2.45) is 11.1 Å². The molecule has 1 aliphatic rings. The Bertz CT molecular complexity index is 630. The molecule has 4 N–H and O–H groups in total. The van der Waals surface area contributed by atoms with E-state index in [4.69, 9.17) is 4.84 Å². The summed E-state index contributed by atoms with van der Waals surface area (Å²) in [6.45, 7) is 0.685. The maximum atomic E-state index is 11.4. The van der Waals surface area contributed by atoms with Crippen LogP contribution in [0.5, 0.6) is 0 Å². The van der Waals surface area contributed by atoms with Gasteiger partial charge in [0.05, 0.1) is 11.9 Å².